The average Bonchev–Trinajstić information content (AvgIpc) is 2.58. The molecule has 13 heavy (non-hydrogen) atoms. The molecule has 0 saturated heterocycles. The lowest BCUT2D eigenvalue weighted by Crippen LogP contribution is -2.16. The molecular weight excluding hydrogens is 182 g/mol. The van der Waals surface area contributed by atoms with Gasteiger partial charge in [-0.2, -0.15) is 0 Å². The second kappa shape index (κ2) is 5.14. The topological polar surface area (TPSA) is 20.3 Å². The van der Waals surface area contributed by atoms with Crippen molar-refractivity contribution < 1.29 is 4.79 Å². The number of carbonyl (C=O) groups is 1. The lowest BCUT2D eigenvalue weighted by molar-refractivity contribution is -0.109. The van der Waals surface area contributed by atoms with Gasteiger partial charge in [0, 0.05) is 4.88 Å². The standard InChI is InChI=1S/C10H15NOS/c1-11(2)6-5-9(8-12)10-4-3-7-13-10/h3-4,7-9H,5-6H2,1-2H3/t9-/m1/s1. The second-order valence-corrected chi connectivity index (χ2v) is 4.33. The Kier molecular flexibility index (Phi) is 4.12. The first kappa shape index (κ1) is 10.4. The van der Waals surface area contributed by atoms with E-state index in [0.29, 0.717) is 0 Å². The van der Waals surface area contributed by atoms with Crippen molar-refractivity contribution in [1.29, 1.82) is 0 Å². The van der Waals surface area contributed by atoms with Gasteiger partial charge in [-0.25, -0.2) is 0 Å². The Labute approximate surface area is 83.2 Å². The number of aldehydes is 1. The monoisotopic (exact) mass is 197 g/mol. The predicted molar refractivity (Wildman–Crippen MR) is 56.3 cm³/mol. The zero-order valence-electron chi connectivity index (χ0n) is 8.06. The number of nitrogens with zero attached hydrogens (tertiary/aromatic N) is 1. The quantitative estimate of drug-likeness (QED) is 0.673. The van der Waals surface area contributed by atoms with Crippen molar-refractivity contribution in [2.75, 3.05) is 20.6 Å². The van der Waals surface area contributed by atoms with Gasteiger partial charge in [0.05, 0.1) is 5.92 Å². The van der Waals surface area contributed by atoms with Crippen molar-refractivity contribution in [3.8, 4) is 0 Å². The van der Waals surface area contributed by atoms with Crippen molar-refractivity contribution in [1.82, 2.24) is 4.90 Å². The smallest absolute Gasteiger partial charge is 0.128 e. The van der Waals surface area contributed by atoms with E-state index >= 15 is 0 Å². The van der Waals surface area contributed by atoms with Crippen molar-refractivity contribution >= 4 is 17.6 Å². The fourth-order valence-electron chi connectivity index (χ4n) is 1.18. The first-order valence-corrected chi connectivity index (χ1v) is 5.25. The highest BCUT2D eigenvalue weighted by Crippen LogP contribution is 2.22. The molecule has 0 radical (unpaired) electrons. The van der Waals surface area contributed by atoms with Crippen LogP contribution in [0.2, 0.25) is 0 Å². The summed E-state index contributed by atoms with van der Waals surface area (Å²) in [5, 5.41) is 2.02. The summed E-state index contributed by atoms with van der Waals surface area (Å²) in [5.74, 6) is 0.0856. The van der Waals surface area contributed by atoms with Crippen molar-refractivity contribution in [2.24, 2.45) is 0 Å². The van der Waals surface area contributed by atoms with Crippen molar-refractivity contribution in [2.45, 2.75) is 12.3 Å². The summed E-state index contributed by atoms with van der Waals surface area (Å²) in [6.45, 7) is 0.960. The zero-order chi connectivity index (χ0) is 9.68. The number of hydrogen-bond donors (Lipinski definition) is 0. The van der Waals surface area contributed by atoms with Gasteiger partial charge in [-0.05, 0) is 38.5 Å². The summed E-state index contributed by atoms with van der Waals surface area (Å²) in [5.41, 5.74) is 0. The molecule has 3 heteroatoms. The molecular formula is C10H15NOS. The zero-order valence-corrected chi connectivity index (χ0v) is 8.88. The van der Waals surface area contributed by atoms with Crippen LogP contribution in [0.15, 0.2) is 17.5 Å². The fourth-order valence-corrected chi connectivity index (χ4v) is 2.00. The summed E-state index contributed by atoms with van der Waals surface area (Å²) in [6, 6.07) is 4.02. The molecule has 0 amide bonds. The molecule has 0 spiro atoms. The molecule has 0 aromatic carbocycles. The third-order valence-corrected chi connectivity index (χ3v) is 2.96. The van der Waals surface area contributed by atoms with Crippen LogP contribution in [0.5, 0.6) is 0 Å². The summed E-state index contributed by atoms with van der Waals surface area (Å²) in [4.78, 5) is 14.1. The average molecular weight is 197 g/mol. The van der Waals surface area contributed by atoms with Gasteiger partial charge in [0.15, 0.2) is 0 Å². The Morgan fingerprint density at radius 1 is 1.62 bits per heavy atom. The highest BCUT2D eigenvalue weighted by atomic mass is 32.1. The highest BCUT2D eigenvalue weighted by Gasteiger charge is 2.10. The Bertz CT molecular complexity index is 243. The van der Waals surface area contributed by atoms with E-state index < -0.39 is 0 Å². The molecule has 0 aliphatic carbocycles. The lowest BCUT2D eigenvalue weighted by atomic mass is 10.1. The molecule has 0 unspecified atom stereocenters. The molecule has 1 atom stereocenters. The summed E-state index contributed by atoms with van der Waals surface area (Å²) in [6.07, 6.45) is 1.96. The van der Waals surface area contributed by atoms with Gasteiger partial charge < -0.3 is 9.69 Å². The fraction of sp³-hybridized carbons (Fsp3) is 0.500. The van der Waals surface area contributed by atoms with E-state index in [1.165, 1.54) is 4.88 Å². The summed E-state index contributed by atoms with van der Waals surface area (Å²) < 4.78 is 0. The van der Waals surface area contributed by atoms with E-state index in [9.17, 15) is 4.79 Å². The lowest BCUT2D eigenvalue weighted by Gasteiger charge is -2.12. The Morgan fingerprint density at radius 3 is 2.85 bits per heavy atom. The molecule has 1 heterocycles. The SMILES string of the molecule is CN(C)CC[C@H](C=O)c1cccs1. The van der Waals surface area contributed by atoms with Crippen LogP contribution in [0.1, 0.15) is 17.2 Å². The Morgan fingerprint density at radius 2 is 2.38 bits per heavy atom. The van der Waals surface area contributed by atoms with Gasteiger partial charge in [0.25, 0.3) is 0 Å². The maximum Gasteiger partial charge on any atom is 0.128 e. The van der Waals surface area contributed by atoms with Gasteiger partial charge in [-0.15, -0.1) is 11.3 Å². The van der Waals surface area contributed by atoms with Crippen LogP contribution in [-0.4, -0.2) is 31.8 Å². The maximum atomic E-state index is 10.8. The minimum atomic E-state index is 0.0856. The Hall–Kier alpha value is -0.670. The Balaban J connectivity index is 2.49. The van der Waals surface area contributed by atoms with Crippen LogP contribution in [0, 0.1) is 0 Å². The maximum absolute atomic E-state index is 10.8. The van der Waals surface area contributed by atoms with Gasteiger partial charge >= 0.3 is 0 Å². The molecule has 1 rings (SSSR count). The molecule has 0 N–H and O–H groups in total. The highest BCUT2D eigenvalue weighted by molar-refractivity contribution is 7.10. The van der Waals surface area contributed by atoms with Gasteiger partial charge in [-0.3, -0.25) is 0 Å². The summed E-state index contributed by atoms with van der Waals surface area (Å²) in [7, 11) is 4.05. The van der Waals surface area contributed by atoms with Crippen molar-refractivity contribution in [3.63, 3.8) is 0 Å². The summed E-state index contributed by atoms with van der Waals surface area (Å²) >= 11 is 1.66. The number of hydrogen-bond acceptors (Lipinski definition) is 3. The molecule has 0 bridgehead atoms. The molecule has 0 saturated carbocycles. The first-order valence-electron chi connectivity index (χ1n) is 4.37. The second-order valence-electron chi connectivity index (χ2n) is 3.35. The molecule has 1 aromatic heterocycles. The molecule has 0 fully saturated rings. The molecule has 0 aliphatic rings. The van der Waals surface area contributed by atoms with E-state index in [-0.39, 0.29) is 5.92 Å². The number of rotatable bonds is 5. The van der Waals surface area contributed by atoms with Gasteiger partial charge in [0.2, 0.25) is 0 Å². The number of thiophene rings is 1. The molecule has 0 aliphatic heterocycles. The van der Waals surface area contributed by atoms with Crippen LogP contribution in [-0.2, 0) is 4.79 Å². The minimum absolute atomic E-state index is 0.0856. The minimum Gasteiger partial charge on any atom is -0.309 e. The van der Waals surface area contributed by atoms with Gasteiger partial charge in [0.1, 0.15) is 6.29 Å². The largest absolute Gasteiger partial charge is 0.309 e. The third kappa shape index (κ3) is 3.28. The van der Waals surface area contributed by atoms with E-state index in [1.54, 1.807) is 11.3 Å². The molecule has 1 aromatic rings. The van der Waals surface area contributed by atoms with E-state index in [1.807, 2.05) is 31.6 Å². The van der Waals surface area contributed by atoms with Crippen LogP contribution in [0.3, 0.4) is 0 Å². The van der Waals surface area contributed by atoms with Crippen LogP contribution >= 0.6 is 11.3 Å². The molecule has 2 nitrogen and oxygen atoms in total. The number of carbonyl (C=O) groups excluding carboxylic acids is 1. The van der Waals surface area contributed by atoms with Gasteiger partial charge in [-0.1, -0.05) is 6.07 Å². The predicted octanol–water partition coefficient (Wildman–Crippen LogP) is 1.98. The normalized spacial score (nSPS) is 13.2. The molecule has 72 valence electrons. The van der Waals surface area contributed by atoms with Crippen molar-refractivity contribution in [3.05, 3.63) is 22.4 Å². The van der Waals surface area contributed by atoms with E-state index in [4.69, 9.17) is 0 Å². The van der Waals surface area contributed by atoms with Crippen LogP contribution < -0.4 is 0 Å². The first-order chi connectivity index (χ1) is 6.24. The van der Waals surface area contributed by atoms with Crippen LogP contribution in [0.25, 0.3) is 0 Å². The van der Waals surface area contributed by atoms with E-state index in [0.717, 1.165) is 19.3 Å². The van der Waals surface area contributed by atoms with Crippen LogP contribution in [0.4, 0.5) is 0 Å². The third-order valence-electron chi connectivity index (χ3n) is 1.96. The van der Waals surface area contributed by atoms with E-state index in [2.05, 4.69) is 4.90 Å².